The molecule has 4 rings (SSSR count). The molecule has 0 radical (unpaired) electrons. The Morgan fingerprint density at radius 1 is 1.29 bits per heavy atom. The molecule has 0 atom stereocenters. The van der Waals surface area contributed by atoms with E-state index in [0.717, 1.165) is 17.9 Å². The lowest BCUT2D eigenvalue weighted by Gasteiger charge is -2.19. The number of carbonyl (C=O) groups is 1. The van der Waals surface area contributed by atoms with Gasteiger partial charge in [-0.25, -0.2) is 9.48 Å². The first kappa shape index (κ1) is 15.2. The Hall–Kier alpha value is -2.38. The van der Waals surface area contributed by atoms with Crippen molar-refractivity contribution >= 4 is 5.91 Å². The molecule has 1 amide bonds. The van der Waals surface area contributed by atoms with Crippen molar-refractivity contribution in [3.63, 3.8) is 0 Å². The fourth-order valence-electron chi connectivity index (χ4n) is 3.17. The summed E-state index contributed by atoms with van der Waals surface area (Å²) in [7, 11) is 0. The van der Waals surface area contributed by atoms with Crippen LogP contribution in [0.3, 0.4) is 0 Å². The fourth-order valence-corrected chi connectivity index (χ4v) is 3.17. The first-order valence-corrected chi connectivity index (χ1v) is 8.53. The molecule has 8 heteroatoms. The van der Waals surface area contributed by atoms with Crippen molar-refractivity contribution in [3.05, 3.63) is 34.3 Å². The van der Waals surface area contributed by atoms with Crippen LogP contribution in [0.2, 0.25) is 0 Å². The van der Waals surface area contributed by atoms with Crippen molar-refractivity contribution in [2.45, 2.75) is 45.8 Å². The normalized spacial score (nSPS) is 17.6. The van der Waals surface area contributed by atoms with E-state index in [9.17, 15) is 9.59 Å². The Morgan fingerprint density at radius 2 is 2.12 bits per heavy atom. The maximum absolute atomic E-state index is 12.5. The van der Waals surface area contributed by atoms with Gasteiger partial charge in [-0.15, -0.1) is 0 Å². The van der Waals surface area contributed by atoms with Gasteiger partial charge in [0, 0.05) is 38.8 Å². The quantitative estimate of drug-likeness (QED) is 0.793. The SMILES string of the molecule is Cc1cnn(CC(=O)N2CCc3nn(CC4CC4)c(=O)n3CC2)c1. The molecule has 2 aliphatic rings. The number of hydrogen-bond donors (Lipinski definition) is 0. The van der Waals surface area contributed by atoms with Gasteiger partial charge in [-0.1, -0.05) is 0 Å². The second-order valence-electron chi connectivity index (χ2n) is 6.82. The van der Waals surface area contributed by atoms with Crippen LogP contribution in [0.1, 0.15) is 24.2 Å². The lowest BCUT2D eigenvalue weighted by atomic mass is 10.3. The number of aryl methyl sites for hydroxylation is 1. The van der Waals surface area contributed by atoms with Crippen molar-refractivity contribution in [1.29, 1.82) is 0 Å². The summed E-state index contributed by atoms with van der Waals surface area (Å²) in [6.45, 7) is 4.58. The maximum atomic E-state index is 12.5. The van der Waals surface area contributed by atoms with Gasteiger partial charge >= 0.3 is 5.69 Å². The van der Waals surface area contributed by atoms with Crippen LogP contribution in [0.4, 0.5) is 0 Å². The van der Waals surface area contributed by atoms with Crippen LogP contribution in [-0.2, 0) is 30.8 Å². The first-order valence-electron chi connectivity index (χ1n) is 8.53. The van der Waals surface area contributed by atoms with Gasteiger partial charge in [0.05, 0.1) is 6.20 Å². The molecule has 0 aromatic carbocycles. The van der Waals surface area contributed by atoms with Crippen LogP contribution in [0, 0.1) is 12.8 Å². The highest BCUT2D eigenvalue weighted by molar-refractivity contribution is 5.75. The highest BCUT2D eigenvalue weighted by Gasteiger charge is 2.26. The molecule has 3 heterocycles. The van der Waals surface area contributed by atoms with Crippen LogP contribution in [0.15, 0.2) is 17.2 Å². The summed E-state index contributed by atoms with van der Waals surface area (Å²) < 4.78 is 4.99. The summed E-state index contributed by atoms with van der Waals surface area (Å²) >= 11 is 0. The minimum Gasteiger partial charge on any atom is -0.339 e. The fraction of sp³-hybridized carbons (Fsp3) is 0.625. The second-order valence-corrected chi connectivity index (χ2v) is 6.82. The second kappa shape index (κ2) is 5.92. The van der Waals surface area contributed by atoms with Gasteiger partial charge in [0.25, 0.3) is 0 Å². The molecular formula is C16H22N6O2. The summed E-state index contributed by atoms with van der Waals surface area (Å²) in [5.41, 5.74) is 1.00. The van der Waals surface area contributed by atoms with Crippen LogP contribution in [0.5, 0.6) is 0 Å². The smallest absolute Gasteiger partial charge is 0.339 e. The standard InChI is InChI=1S/C16H22N6O2/c1-12-8-17-20(9-12)11-15(23)19-5-4-14-18-22(10-13-2-3-13)16(24)21(14)7-6-19/h8-9,13H,2-7,10-11H2,1H3. The molecule has 1 aliphatic carbocycles. The van der Waals surface area contributed by atoms with E-state index in [-0.39, 0.29) is 18.1 Å². The summed E-state index contributed by atoms with van der Waals surface area (Å²) in [6.07, 6.45) is 6.62. The molecule has 0 bridgehead atoms. The van der Waals surface area contributed by atoms with Gasteiger partial charge in [0.1, 0.15) is 12.4 Å². The van der Waals surface area contributed by atoms with Crippen LogP contribution in [-0.4, -0.2) is 48.0 Å². The van der Waals surface area contributed by atoms with Gasteiger partial charge in [-0.3, -0.25) is 14.0 Å². The Kier molecular flexibility index (Phi) is 3.74. The van der Waals surface area contributed by atoms with E-state index < -0.39 is 0 Å². The van der Waals surface area contributed by atoms with Crippen molar-refractivity contribution in [2.75, 3.05) is 13.1 Å². The van der Waals surface area contributed by atoms with Crippen molar-refractivity contribution in [2.24, 2.45) is 5.92 Å². The predicted octanol–water partition coefficient (Wildman–Crippen LogP) is 0.0446. The summed E-state index contributed by atoms with van der Waals surface area (Å²) in [5, 5.41) is 8.64. The minimum absolute atomic E-state index is 0.0298. The number of rotatable bonds is 4. The summed E-state index contributed by atoms with van der Waals surface area (Å²) in [6, 6.07) is 0. The van der Waals surface area contributed by atoms with E-state index in [4.69, 9.17) is 0 Å². The molecular weight excluding hydrogens is 308 g/mol. The Bertz CT molecular complexity index is 813. The highest BCUT2D eigenvalue weighted by Crippen LogP contribution is 2.29. The largest absolute Gasteiger partial charge is 0.345 e. The molecule has 128 valence electrons. The maximum Gasteiger partial charge on any atom is 0.345 e. The van der Waals surface area contributed by atoms with Gasteiger partial charge in [-0.2, -0.15) is 10.2 Å². The number of amides is 1. The Labute approximate surface area is 139 Å². The van der Waals surface area contributed by atoms with Crippen molar-refractivity contribution in [1.82, 2.24) is 29.0 Å². The zero-order valence-electron chi connectivity index (χ0n) is 13.9. The molecule has 0 unspecified atom stereocenters. The number of aromatic nitrogens is 5. The van der Waals surface area contributed by atoms with Gasteiger partial charge < -0.3 is 4.90 Å². The highest BCUT2D eigenvalue weighted by atomic mass is 16.2. The zero-order valence-corrected chi connectivity index (χ0v) is 13.9. The lowest BCUT2D eigenvalue weighted by Crippen LogP contribution is -2.37. The van der Waals surface area contributed by atoms with E-state index in [0.29, 0.717) is 32.0 Å². The third kappa shape index (κ3) is 3.00. The average molecular weight is 330 g/mol. The van der Waals surface area contributed by atoms with Gasteiger partial charge in [0.15, 0.2) is 0 Å². The molecule has 1 fully saturated rings. The van der Waals surface area contributed by atoms with Crippen LogP contribution in [0.25, 0.3) is 0 Å². The predicted molar refractivity (Wildman–Crippen MR) is 86.5 cm³/mol. The number of nitrogens with zero attached hydrogens (tertiary/aromatic N) is 6. The first-order chi connectivity index (χ1) is 11.6. The van der Waals surface area contributed by atoms with Crippen molar-refractivity contribution in [3.8, 4) is 0 Å². The minimum atomic E-state index is -0.0334. The van der Waals surface area contributed by atoms with E-state index in [1.807, 2.05) is 13.1 Å². The molecule has 0 saturated heterocycles. The van der Waals surface area contributed by atoms with E-state index in [1.165, 1.54) is 12.8 Å². The monoisotopic (exact) mass is 330 g/mol. The van der Waals surface area contributed by atoms with Gasteiger partial charge in [-0.05, 0) is 31.2 Å². The molecule has 0 spiro atoms. The summed E-state index contributed by atoms with van der Waals surface area (Å²) in [5.74, 6) is 1.45. The molecule has 1 saturated carbocycles. The lowest BCUT2D eigenvalue weighted by molar-refractivity contribution is -0.132. The third-order valence-electron chi connectivity index (χ3n) is 4.74. The number of hydrogen-bond acceptors (Lipinski definition) is 4. The molecule has 0 N–H and O–H groups in total. The molecule has 8 nitrogen and oxygen atoms in total. The molecule has 2 aromatic rings. The van der Waals surface area contributed by atoms with Gasteiger partial charge in [0.2, 0.25) is 5.91 Å². The number of carbonyl (C=O) groups excluding carboxylic acids is 1. The molecule has 24 heavy (non-hydrogen) atoms. The van der Waals surface area contributed by atoms with E-state index >= 15 is 0 Å². The number of fused-ring (bicyclic) bond motifs is 1. The summed E-state index contributed by atoms with van der Waals surface area (Å²) in [4.78, 5) is 26.7. The van der Waals surface area contributed by atoms with E-state index in [2.05, 4.69) is 10.2 Å². The Morgan fingerprint density at radius 3 is 2.83 bits per heavy atom. The van der Waals surface area contributed by atoms with Crippen LogP contribution >= 0.6 is 0 Å². The third-order valence-corrected chi connectivity index (χ3v) is 4.74. The van der Waals surface area contributed by atoms with E-state index in [1.54, 1.807) is 25.0 Å². The zero-order chi connectivity index (χ0) is 16.7. The molecule has 2 aromatic heterocycles. The average Bonchev–Trinajstić information content (AvgIpc) is 3.26. The Balaban J connectivity index is 1.43. The molecule has 1 aliphatic heterocycles. The topological polar surface area (TPSA) is 78.0 Å². The van der Waals surface area contributed by atoms with Crippen LogP contribution < -0.4 is 5.69 Å². The van der Waals surface area contributed by atoms with Crippen molar-refractivity contribution < 1.29 is 4.79 Å².